The van der Waals surface area contributed by atoms with E-state index in [0.717, 1.165) is 16.1 Å². The minimum atomic E-state index is -3.69. The van der Waals surface area contributed by atoms with Gasteiger partial charge in [-0.25, -0.2) is 8.42 Å². The number of hydrogen-bond donors (Lipinski definition) is 1. The van der Waals surface area contributed by atoms with Crippen LogP contribution in [0.4, 0.5) is 5.69 Å². The normalized spacial score (nSPS) is 12.1. The van der Waals surface area contributed by atoms with Crippen LogP contribution >= 0.6 is 0 Å². The Morgan fingerprint density at radius 2 is 1.83 bits per heavy atom. The summed E-state index contributed by atoms with van der Waals surface area (Å²) in [5.74, 6) is 0.845. The second-order valence-electron chi connectivity index (χ2n) is 6.64. The van der Waals surface area contributed by atoms with Crippen LogP contribution in [-0.4, -0.2) is 46.9 Å². The fraction of sp³-hybridized carbons (Fsp3) is 0.381. The van der Waals surface area contributed by atoms with E-state index in [4.69, 9.17) is 9.47 Å². The minimum Gasteiger partial charge on any atom is -0.497 e. The number of amides is 1. The van der Waals surface area contributed by atoms with Gasteiger partial charge in [0.25, 0.3) is 0 Å². The first-order chi connectivity index (χ1) is 13.8. The minimum absolute atomic E-state index is 0.263. The number of carbonyl (C=O) groups is 1. The Bertz CT molecular complexity index is 913. The lowest BCUT2D eigenvalue weighted by molar-refractivity contribution is -0.122. The van der Waals surface area contributed by atoms with Gasteiger partial charge in [0.05, 0.1) is 25.6 Å². The number of ether oxygens (including phenoxy) is 2. The number of nitrogens with one attached hydrogen (secondary N) is 1. The molecular weight excluding hydrogens is 392 g/mol. The van der Waals surface area contributed by atoms with Gasteiger partial charge in [-0.2, -0.15) is 0 Å². The zero-order valence-corrected chi connectivity index (χ0v) is 18.0. The molecule has 0 saturated carbocycles. The average Bonchev–Trinajstić information content (AvgIpc) is 2.69. The van der Waals surface area contributed by atoms with Crippen LogP contribution in [0.25, 0.3) is 0 Å². The smallest absolute Gasteiger partial charge is 0.244 e. The van der Waals surface area contributed by atoms with Crippen LogP contribution in [0, 0.1) is 6.92 Å². The molecule has 29 heavy (non-hydrogen) atoms. The molecular formula is C21H28N2O5S. The molecule has 1 atom stereocenters. The molecule has 0 aliphatic carbocycles. The first-order valence-corrected chi connectivity index (χ1v) is 11.2. The lowest BCUT2D eigenvalue weighted by Crippen LogP contribution is -2.50. The lowest BCUT2D eigenvalue weighted by atomic mass is 10.2. The predicted molar refractivity (Wildman–Crippen MR) is 114 cm³/mol. The van der Waals surface area contributed by atoms with E-state index in [1.807, 2.05) is 31.2 Å². The summed E-state index contributed by atoms with van der Waals surface area (Å²) in [6, 6.07) is 13.4. The third-order valence-electron chi connectivity index (χ3n) is 4.33. The molecule has 0 bridgehead atoms. The Morgan fingerprint density at radius 1 is 1.14 bits per heavy atom. The van der Waals surface area contributed by atoms with Gasteiger partial charge in [-0.15, -0.1) is 0 Å². The monoisotopic (exact) mass is 420 g/mol. The highest BCUT2D eigenvalue weighted by atomic mass is 32.2. The van der Waals surface area contributed by atoms with E-state index in [9.17, 15) is 13.2 Å². The van der Waals surface area contributed by atoms with Crippen molar-refractivity contribution in [3.8, 4) is 11.5 Å². The van der Waals surface area contributed by atoms with Crippen molar-refractivity contribution in [3.05, 3.63) is 54.1 Å². The summed E-state index contributed by atoms with van der Waals surface area (Å²) in [5, 5.41) is 2.76. The summed E-state index contributed by atoms with van der Waals surface area (Å²) in [7, 11) is -2.19. The maximum absolute atomic E-state index is 12.7. The predicted octanol–water partition coefficient (Wildman–Crippen LogP) is 2.74. The molecule has 1 N–H and O–H groups in total. The first-order valence-electron chi connectivity index (χ1n) is 9.37. The highest BCUT2D eigenvalue weighted by Crippen LogP contribution is 2.26. The number of carbonyl (C=O) groups excluding carboxylic acids is 1. The van der Waals surface area contributed by atoms with E-state index in [2.05, 4.69) is 5.32 Å². The molecule has 2 aromatic carbocycles. The van der Waals surface area contributed by atoms with Gasteiger partial charge in [-0.05, 0) is 37.6 Å². The van der Waals surface area contributed by atoms with Crippen molar-refractivity contribution in [1.29, 1.82) is 0 Å². The van der Waals surface area contributed by atoms with Gasteiger partial charge in [0.15, 0.2) is 0 Å². The summed E-state index contributed by atoms with van der Waals surface area (Å²) in [5.41, 5.74) is 1.51. The highest BCUT2D eigenvalue weighted by molar-refractivity contribution is 7.92. The Morgan fingerprint density at radius 3 is 2.41 bits per heavy atom. The van der Waals surface area contributed by atoms with Gasteiger partial charge in [0.1, 0.15) is 24.1 Å². The Hall–Kier alpha value is -2.74. The van der Waals surface area contributed by atoms with Crippen molar-refractivity contribution in [2.45, 2.75) is 26.3 Å². The number of anilines is 1. The molecule has 0 aromatic heterocycles. The molecule has 0 saturated heterocycles. The fourth-order valence-electron chi connectivity index (χ4n) is 2.90. The standard InChI is InChI=1S/C21H28N2O5S/c1-5-20(21(24)22-13-14-28-18-11-9-16(2)10-12-18)23(29(4,25)26)17-7-6-8-19(15-17)27-3/h6-12,15,20H,5,13-14H2,1-4H3,(H,22,24)/t20-/m0/s1. The van der Waals surface area contributed by atoms with Crippen molar-refractivity contribution < 1.29 is 22.7 Å². The van der Waals surface area contributed by atoms with Gasteiger partial charge in [0, 0.05) is 6.07 Å². The Balaban J connectivity index is 2.06. The maximum Gasteiger partial charge on any atom is 0.244 e. The van der Waals surface area contributed by atoms with Gasteiger partial charge in [-0.3, -0.25) is 9.10 Å². The number of methoxy groups -OCH3 is 1. The molecule has 2 aromatic rings. The largest absolute Gasteiger partial charge is 0.497 e. The van der Waals surface area contributed by atoms with Crippen molar-refractivity contribution in [3.63, 3.8) is 0 Å². The molecule has 0 fully saturated rings. The number of nitrogens with zero attached hydrogens (tertiary/aromatic N) is 1. The molecule has 1 amide bonds. The number of hydrogen-bond acceptors (Lipinski definition) is 5. The molecule has 0 aliphatic rings. The second kappa shape index (κ2) is 10.2. The molecule has 0 radical (unpaired) electrons. The fourth-order valence-corrected chi connectivity index (χ4v) is 4.11. The summed E-state index contributed by atoms with van der Waals surface area (Å²) in [6.45, 7) is 4.30. The Labute approximate surface area is 172 Å². The zero-order chi connectivity index (χ0) is 21.4. The van der Waals surface area contributed by atoms with Crippen molar-refractivity contribution >= 4 is 21.6 Å². The van der Waals surface area contributed by atoms with E-state index in [1.54, 1.807) is 31.2 Å². The van der Waals surface area contributed by atoms with E-state index >= 15 is 0 Å². The van der Waals surface area contributed by atoms with E-state index in [1.165, 1.54) is 7.11 Å². The Kier molecular flexibility index (Phi) is 7.90. The molecule has 158 valence electrons. The summed E-state index contributed by atoms with van der Waals surface area (Å²) < 4.78 is 36.8. The van der Waals surface area contributed by atoms with Gasteiger partial charge in [0.2, 0.25) is 15.9 Å². The molecule has 8 heteroatoms. The van der Waals surface area contributed by atoms with Crippen LogP contribution in [0.2, 0.25) is 0 Å². The van der Waals surface area contributed by atoms with Crippen LogP contribution in [-0.2, 0) is 14.8 Å². The number of rotatable bonds is 10. The zero-order valence-electron chi connectivity index (χ0n) is 17.2. The van der Waals surface area contributed by atoms with Crippen molar-refractivity contribution in [2.75, 3.05) is 30.8 Å². The lowest BCUT2D eigenvalue weighted by Gasteiger charge is -2.30. The quantitative estimate of drug-likeness (QED) is 0.598. The van der Waals surface area contributed by atoms with Crippen LogP contribution < -0.4 is 19.1 Å². The number of benzene rings is 2. The van der Waals surface area contributed by atoms with Crippen LogP contribution in [0.5, 0.6) is 11.5 Å². The number of aryl methyl sites for hydroxylation is 1. The van der Waals surface area contributed by atoms with E-state index < -0.39 is 16.1 Å². The molecule has 0 heterocycles. The van der Waals surface area contributed by atoms with Gasteiger partial charge >= 0.3 is 0 Å². The van der Waals surface area contributed by atoms with Crippen LogP contribution in [0.3, 0.4) is 0 Å². The van der Waals surface area contributed by atoms with E-state index in [0.29, 0.717) is 23.6 Å². The van der Waals surface area contributed by atoms with Crippen molar-refractivity contribution in [2.24, 2.45) is 0 Å². The SMILES string of the molecule is CC[C@@H](C(=O)NCCOc1ccc(C)cc1)N(c1cccc(OC)c1)S(C)(=O)=O. The van der Waals surface area contributed by atoms with Crippen LogP contribution in [0.1, 0.15) is 18.9 Å². The number of sulfonamides is 1. The molecule has 0 aliphatic heterocycles. The summed E-state index contributed by atoms with van der Waals surface area (Å²) >= 11 is 0. The molecule has 0 spiro atoms. The maximum atomic E-state index is 12.7. The van der Waals surface area contributed by atoms with E-state index in [-0.39, 0.29) is 19.1 Å². The second-order valence-corrected chi connectivity index (χ2v) is 8.50. The molecule has 2 rings (SSSR count). The molecule has 7 nitrogen and oxygen atoms in total. The average molecular weight is 421 g/mol. The highest BCUT2D eigenvalue weighted by Gasteiger charge is 2.31. The van der Waals surface area contributed by atoms with Crippen molar-refractivity contribution in [1.82, 2.24) is 5.32 Å². The molecule has 0 unspecified atom stereocenters. The van der Waals surface area contributed by atoms with Crippen LogP contribution in [0.15, 0.2) is 48.5 Å². The summed E-state index contributed by atoms with van der Waals surface area (Å²) in [4.78, 5) is 12.7. The third kappa shape index (κ3) is 6.39. The van der Waals surface area contributed by atoms with Gasteiger partial charge < -0.3 is 14.8 Å². The summed E-state index contributed by atoms with van der Waals surface area (Å²) in [6.07, 6.45) is 1.40. The first kappa shape index (κ1) is 22.5. The topological polar surface area (TPSA) is 84.9 Å². The third-order valence-corrected chi connectivity index (χ3v) is 5.51. The van der Waals surface area contributed by atoms with Gasteiger partial charge in [-0.1, -0.05) is 30.7 Å².